The van der Waals surface area contributed by atoms with E-state index in [-0.39, 0.29) is 5.41 Å². The highest BCUT2D eigenvalue weighted by Crippen LogP contribution is 2.36. The van der Waals surface area contributed by atoms with E-state index in [1.54, 1.807) is 0 Å². The zero-order valence-electron chi connectivity index (χ0n) is 12.2. The molecule has 0 fully saturated rings. The largest absolute Gasteiger partial charge is 0.316 e. The van der Waals surface area contributed by atoms with Crippen LogP contribution < -0.4 is 5.32 Å². The molecule has 0 aliphatic rings. The van der Waals surface area contributed by atoms with Gasteiger partial charge in [-0.15, -0.1) is 0 Å². The Morgan fingerprint density at radius 1 is 1.00 bits per heavy atom. The summed E-state index contributed by atoms with van der Waals surface area (Å²) in [7, 11) is 0. The number of hydrogen-bond acceptors (Lipinski definition) is 1. The van der Waals surface area contributed by atoms with Crippen molar-refractivity contribution in [2.24, 2.45) is 0 Å². The summed E-state index contributed by atoms with van der Waals surface area (Å²) in [6, 6.07) is 6.11. The number of benzene rings is 1. The number of halogens is 2. The van der Waals surface area contributed by atoms with Crippen molar-refractivity contribution in [3.05, 3.63) is 33.8 Å². The van der Waals surface area contributed by atoms with Gasteiger partial charge in [0.1, 0.15) is 0 Å². The molecule has 1 aromatic rings. The van der Waals surface area contributed by atoms with Crippen LogP contribution in [0.2, 0.25) is 10.0 Å². The molecule has 0 radical (unpaired) electrons. The molecule has 0 amide bonds. The topological polar surface area (TPSA) is 12.0 Å². The predicted molar refractivity (Wildman–Crippen MR) is 86.5 cm³/mol. The Kier molecular flexibility index (Phi) is 7.20. The Morgan fingerprint density at radius 3 is 2.11 bits per heavy atom. The van der Waals surface area contributed by atoms with E-state index in [1.165, 1.54) is 31.2 Å². The Balaban J connectivity index is 3.13. The van der Waals surface area contributed by atoms with E-state index in [0.717, 1.165) is 13.1 Å². The monoisotopic (exact) mass is 301 g/mol. The van der Waals surface area contributed by atoms with Gasteiger partial charge < -0.3 is 5.32 Å². The van der Waals surface area contributed by atoms with Crippen LogP contribution in [0.4, 0.5) is 0 Å². The number of rotatable bonds is 8. The summed E-state index contributed by atoms with van der Waals surface area (Å²) in [6.07, 6.45) is 4.69. The number of hydrogen-bond donors (Lipinski definition) is 1. The van der Waals surface area contributed by atoms with Gasteiger partial charge in [0.25, 0.3) is 0 Å². The first kappa shape index (κ1) is 16.8. The quantitative estimate of drug-likeness (QED) is 0.674. The third-order valence-electron chi connectivity index (χ3n) is 3.70. The molecule has 19 heavy (non-hydrogen) atoms. The highest BCUT2D eigenvalue weighted by Gasteiger charge is 2.30. The van der Waals surface area contributed by atoms with E-state index in [1.807, 2.05) is 12.1 Å². The number of nitrogens with one attached hydrogen (secondary N) is 1. The fourth-order valence-electron chi connectivity index (χ4n) is 2.84. The third kappa shape index (κ3) is 4.37. The summed E-state index contributed by atoms with van der Waals surface area (Å²) >= 11 is 12.2. The van der Waals surface area contributed by atoms with Gasteiger partial charge in [-0.2, -0.15) is 0 Å². The maximum Gasteiger partial charge on any atom is 0.0595 e. The molecule has 1 rings (SSSR count). The van der Waals surface area contributed by atoms with Crippen LogP contribution in [-0.4, -0.2) is 13.1 Å². The Hall–Kier alpha value is -0.240. The van der Waals surface area contributed by atoms with Crippen molar-refractivity contribution in [1.82, 2.24) is 5.32 Å². The van der Waals surface area contributed by atoms with E-state index < -0.39 is 0 Å². The van der Waals surface area contributed by atoms with E-state index in [4.69, 9.17) is 23.2 Å². The van der Waals surface area contributed by atoms with Crippen molar-refractivity contribution in [2.45, 2.75) is 51.9 Å². The van der Waals surface area contributed by atoms with Crippen molar-refractivity contribution in [2.75, 3.05) is 13.1 Å². The van der Waals surface area contributed by atoms with Gasteiger partial charge in [0, 0.05) is 12.0 Å². The first-order valence-electron chi connectivity index (χ1n) is 7.26. The van der Waals surface area contributed by atoms with Gasteiger partial charge in [0.05, 0.1) is 10.0 Å². The summed E-state index contributed by atoms with van der Waals surface area (Å²) < 4.78 is 0. The SMILES string of the molecule is CCCC(CCC)(CNCC)c1ccc(Cl)c(Cl)c1. The van der Waals surface area contributed by atoms with Gasteiger partial charge in [0.15, 0.2) is 0 Å². The molecule has 0 aliphatic heterocycles. The van der Waals surface area contributed by atoms with Crippen LogP contribution in [0, 0.1) is 0 Å². The second-order valence-corrected chi connectivity index (χ2v) is 6.00. The Labute approximate surface area is 127 Å². The molecular formula is C16H25Cl2N. The van der Waals surface area contributed by atoms with Crippen LogP contribution in [-0.2, 0) is 5.41 Å². The standard InChI is InChI=1S/C16H25Cl2N/c1-4-9-16(10-5-2,12-19-6-3)13-7-8-14(17)15(18)11-13/h7-8,11,19H,4-6,9-10,12H2,1-3H3. The zero-order valence-corrected chi connectivity index (χ0v) is 13.7. The molecule has 0 bridgehead atoms. The minimum Gasteiger partial charge on any atom is -0.316 e. The summed E-state index contributed by atoms with van der Waals surface area (Å²) in [5.41, 5.74) is 1.49. The normalized spacial score (nSPS) is 11.8. The average Bonchev–Trinajstić information content (AvgIpc) is 2.39. The molecule has 3 heteroatoms. The van der Waals surface area contributed by atoms with Gasteiger partial charge in [-0.1, -0.05) is 62.9 Å². The highest BCUT2D eigenvalue weighted by atomic mass is 35.5. The highest BCUT2D eigenvalue weighted by molar-refractivity contribution is 6.42. The molecule has 0 heterocycles. The molecule has 1 nitrogen and oxygen atoms in total. The van der Waals surface area contributed by atoms with Crippen molar-refractivity contribution in [3.8, 4) is 0 Å². The van der Waals surface area contributed by atoms with E-state index in [9.17, 15) is 0 Å². The fourth-order valence-corrected chi connectivity index (χ4v) is 3.14. The molecule has 0 atom stereocenters. The molecular weight excluding hydrogens is 277 g/mol. The minimum absolute atomic E-state index is 0.174. The lowest BCUT2D eigenvalue weighted by Crippen LogP contribution is -2.38. The van der Waals surface area contributed by atoms with E-state index in [0.29, 0.717) is 10.0 Å². The van der Waals surface area contributed by atoms with Crippen molar-refractivity contribution >= 4 is 23.2 Å². The lowest BCUT2D eigenvalue weighted by atomic mass is 9.73. The fraction of sp³-hybridized carbons (Fsp3) is 0.625. The first-order chi connectivity index (χ1) is 9.09. The smallest absolute Gasteiger partial charge is 0.0595 e. The van der Waals surface area contributed by atoms with Crippen LogP contribution in [0.3, 0.4) is 0 Å². The maximum atomic E-state index is 6.20. The molecule has 0 aliphatic carbocycles. The second-order valence-electron chi connectivity index (χ2n) is 5.19. The van der Waals surface area contributed by atoms with Crippen LogP contribution in [0.15, 0.2) is 18.2 Å². The molecule has 0 spiro atoms. The van der Waals surface area contributed by atoms with Gasteiger partial charge in [-0.05, 0) is 37.1 Å². The Bertz CT molecular complexity index is 384. The average molecular weight is 302 g/mol. The van der Waals surface area contributed by atoms with Gasteiger partial charge in [-0.25, -0.2) is 0 Å². The maximum absolute atomic E-state index is 6.20. The van der Waals surface area contributed by atoms with Crippen LogP contribution in [0.25, 0.3) is 0 Å². The zero-order chi connectivity index (χ0) is 14.3. The molecule has 0 saturated carbocycles. The minimum atomic E-state index is 0.174. The predicted octanol–water partition coefficient (Wildman–Crippen LogP) is 5.44. The molecule has 0 saturated heterocycles. The van der Waals surface area contributed by atoms with Crippen molar-refractivity contribution in [3.63, 3.8) is 0 Å². The molecule has 1 N–H and O–H groups in total. The molecule has 1 aromatic carbocycles. The Morgan fingerprint density at radius 2 is 1.63 bits per heavy atom. The molecule has 108 valence electrons. The third-order valence-corrected chi connectivity index (χ3v) is 4.44. The number of likely N-dealkylation sites (N-methyl/N-ethyl adjacent to an activating group) is 1. The van der Waals surface area contributed by atoms with Crippen LogP contribution in [0.5, 0.6) is 0 Å². The van der Waals surface area contributed by atoms with Crippen LogP contribution >= 0.6 is 23.2 Å². The lowest BCUT2D eigenvalue weighted by Gasteiger charge is -2.35. The van der Waals surface area contributed by atoms with Crippen LogP contribution in [0.1, 0.15) is 52.0 Å². The summed E-state index contributed by atoms with van der Waals surface area (Å²) in [5.74, 6) is 0. The van der Waals surface area contributed by atoms with E-state index >= 15 is 0 Å². The first-order valence-corrected chi connectivity index (χ1v) is 8.01. The summed E-state index contributed by atoms with van der Waals surface area (Å²) in [5, 5.41) is 4.81. The summed E-state index contributed by atoms with van der Waals surface area (Å²) in [4.78, 5) is 0. The van der Waals surface area contributed by atoms with Gasteiger partial charge >= 0.3 is 0 Å². The second kappa shape index (κ2) is 8.14. The summed E-state index contributed by atoms with van der Waals surface area (Å²) in [6.45, 7) is 8.64. The van der Waals surface area contributed by atoms with Gasteiger partial charge in [-0.3, -0.25) is 0 Å². The van der Waals surface area contributed by atoms with Crippen molar-refractivity contribution in [1.29, 1.82) is 0 Å². The molecule has 0 aromatic heterocycles. The van der Waals surface area contributed by atoms with Crippen molar-refractivity contribution < 1.29 is 0 Å². The lowest BCUT2D eigenvalue weighted by molar-refractivity contribution is 0.338. The molecule has 0 unspecified atom stereocenters. The van der Waals surface area contributed by atoms with Gasteiger partial charge in [0.2, 0.25) is 0 Å². The van der Waals surface area contributed by atoms with E-state index in [2.05, 4.69) is 32.2 Å².